The second-order valence-electron chi connectivity index (χ2n) is 3.24. The van der Waals surface area contributed by atoms with Crippen LogP contribution in [0.5, 0.6) is 0 Å². The molecule has 0 aromatic rings. The summed E-state index contributed by atoms with van der Waals surface area (Å²) in [6.07, 6.45) is 4.04. The fourth-order valence-electron chi connectivity index (χ4n) is 1.67. The van der Waals surface area contributed by atoms with Gasteiger partial charge in [-0.05, 0) is 19.3 Å². The quantitative estimate of drug-likeness (QED) is 0.571. The predicted molar refractivity (Wildman–Crippen MR) is 44.0 cm³/mol. The van der Waals surface area contributed by atoms with Crippen LogP contribution in [0.1, 0.15) is 25.7 Å². The summed E-state index contributed by atoms with van der Waals surface area (Å²) < 4.78 is 0. The third kappa shape index (κ3) is 2.19. The van der Waals surface area contributed by atoms with Gasteiger partial charge in [0, 0.05) is 19.0 Å². The first-order valence-electron chi connectivity index (χ1n) is 4.21. The SMILES string of the molecule is CNC(=O)C1CCCC(N)C1. The maximum Gasteiger partial charge on any atom is 0.222 e. The highest BCUT2D eigenvalue weighted by Crippen LogP contribution is 2.22. The Morgan fingerprint density at radius 3 is 2.82 bits per heavy atom. The number of carbonyl (C=O) groups is 1. The largest absolute Gasteiger partial charge is 0.359 e. The number of carbonyl (C=O) groups excluding carboxylic acids is 1. The van der Waals surface area contributed by atoms with Gasteiger partial charge in [-0.15, -0.1) is 0 Å². The second kappa shape index (κ2) is 3.72. The lowest BCUT2D eigenvalue weighted by molar-refractivity contribution is -0.125. The molecule has 2 atom stereocenters. The molecule has 0 bridgehead atoms. The van der Waals surface area contributed by atoms with Crippen molar-refractivity contribution in [1.82, 2.24) is 5.32 Å². The molecule has 0 radical (unpaired) electrons. The summed E-state index contributed by atoms with van der Waals surface area (Å²) in [6, 6.07) is 0.242. The van der Waals surface area contributed by atoms with E-state index in [9.17, 15) is 4.79 Å². The lowest BCUT2D eigenvalue weighted by Crippen LogP contribution is -2.36. The monoisotopic (exact) mass is 156 g/mol. The smallest absolute Gasteiger partial charge is 0.222 e. The average Bonchev–Trinajstić information content (AvgIpc) is 2.03. The fourth-order valence-corrected chi connectivity index (χ4v) is 1.67. The minimum atomic E-state index is 0.153. The number of nitrogens with one attached hydrogen (secondary N) is 1. The summed E-state index contributed by atoms with van der Waals surface area (Å²) in [6.45, 7) is 0. The molecule has 3 N–H and O–H groups in total. The van der Waals surface area contributed by atoms with Crippen molar-refractivity contribution in [2.45, 2.75) is 31.7 Å². The van der Waals surface area contributed by atoms with E-state index in [4.69, 9.17) is 5.73 Å². The van der Waals surface area contributed by atoms with E-state index < -0.39 is 0 Å². The van der Waals surface area contributed by atoms with Crippen molar-refractivity contribution in [3.05, 3.63) is 0 Å². The van der Waals surface area contributed by atoms with Gasteiger partial charge in [0.2, 0.25) is 5.91 Å². The number of hydrogen-bond acceptors (Lipinski definition) is 2. The van der Waals surface area contributed by atoms with Crippen LogP contribution >= 0.6 is 0 Å². The van der Waals surface area contributed by atoms with Crippen molar-refractivity contribution in [2.75, 3.05) is 7.05 Å². The summed E-state index contributed by atoms with van der Waals surface area (Å²) in [5.41, 5.74) is 5.74. The molecule has 0 spiro atoms. The van der Waals surface area contributed by atoms with Crippen molar-refractivity contribution >= 4 is 5.91 Å². The highest BCUT2D eigenvalue weighted by molar-refractivity contribution is 5.78. The molecular formula is C8H16N2O. The molecule has 1 saturated carbocycles. The highest BCUT2D eigenvalue weighted by Gasteiger charge is 2.23. The van der Waals surface area contributed by atoms with Crippen LogP contribution in [-0.4, -0.2) is 19.0 Å². The van der Waals surface area contributed by atoms with Crippen LogP contribution in [0.15, 0.2) is 0 Å². The predicted octanol–water partition coefficient (Wildman–Crippen LogP) is 0.250. The summed E-state index contributed by atoms with van der Waals surface area (Å²) >= 11 is 0. The van der Waals surface area contributed by atoms with E-state index in [1.807, 2.05) is 0 Å². The van der Waals surface area contributed by atoms with Crippen molar-refractivity contribution in [3.8, 4) is 0 Å². The fraction of sp³-hybridized carbons (Fsp3) is 0.875. The Hall–Kier alpha value is -0.570. The number of hydrogen-bond donors (Lipinski definition) is 2. The first-order chi connectivity index (χ1) is 5.24. The maximum absolute atomic E-state index is 11.1. The zero-order valence-electron chi connectivity index (χ0n) is 6.97. The Balaban J connectivity index is 2.39. The Kier molecular flexibility index (Phi) is 2.88. The first kappa shape index (κ1) is 8.53. The molecular weight excluding hydrogens is 140 g/mol. The van der Waals surface area contributed by atoms with Gasteiger partial charge in [-0.3, -0.25) is 4.79 Å². The number of rotatable bonds is 1. The van der Waals surface area contributed by atoms with Crippen molar-refractivity contribution in [3.63, 3.8) is 0 Å². The molecule has 0 aromatic heterocycles. The molecule has 2 unspecified atom stereocenters. The molecule has 1 aliphatic rings. The highest BCUT2D eigenvalue weighted by atomic mass is 16.1. The molecule has 11 heavy (non-hydrogen) atoms. The van der Waals surface area contributed by atoms with Crippen LogP contribution < -0.4 is 11.1 Å². The number of nitrogens with two attached hydrogens (primary N) is 1. The van der Waals surface area contributed by atoms with Crippen LogP contribution in [0, 0.1) is 5.92 Å². The Morgan fingerprint density at radius 1 is 1.55 bits per heavy atom. The van der Waals surface area contributed by atoms with Crippen LogP contribution in [0.25, 0.3) is 0 Å². The van der Waals surface area contributed by atoms with E-state index in [2.05, 4.69) is 5.32 Å². The summed E-state index contributed by atoms with van der Waals surface area (Å²) in [7, 11) is 1.68. The third-order valence-electron chi connectivity index (χ3n) is 2.33. The van der Waals surface area contributed by atoms with Crippen LogP contribution in [0.2, 0.25) is 0 Å². The normalized spacial score (nSPS) is 31.5. The Bertz CT molecular complexity index is 147. The van der Waals surface area contributed by atoms with Gasteiger partial charge >= 0.3 is 0 Å². The van der Waals surface area contributed by atoms with Crippen LogP contribution in [0.3, 0.4) is 0 Å². The molecule has 1 aliphatic carbocycles. The summed E-state index contributed by atoms with van der Waals surface area (Å²) in [4.78, 5) is 11.1. The van der Waals surface area contributed by atoms with E-state index in [0.29, 0.717) is 0 Å². The average molecular weight is 156 g/mol. The molecule has 1 rings (SSSR count). The lowest BCUT2D eigenvalue weighted by atomic mass is 9.86. The Morgan fingerprint density at radius 2 is 2.27 bits per heavy atom. The van der Waals surface area contributed by atoms with Crippen molar-refractivity contribution < 1.29 is 4.79 Å². The van der Waals surface area contributed by atoms with Crippen molar-refractivity contribution in [2.24, 2.45) is 11.7 Å². The molecule has 0 aliphatic heterocycles. The second-order valence-corrected chi connectivity index (χ2v) is 3.24. The van der Waals surface area contributed by atoms with Gasteiger partial charge in [0.25, 0.3) is 0 Å². The topological polar surface area (TPSA) is 55.1 Å². The molecule has 0 saturated heterocycles. The van der Waals surface area contributed by atoms with E-state index >= 15 is 0 Å². The van der Waals surface area contributed by atoms with Gasteiger partial charge in [-0.2, -0.15) is 0 Å². The van der Waals surface area contributed by atoms with Gasteiger partial charge in [-0.1, -0.05) is 6.42 Å². The lowest BCUT2D eigenvalue weighted by Gasteiger charge is -2.24. The molecule has 1 fully saturated rings. The van der Waals surface area contributed by atoms with Gasteiger partial charge in [0.15, 0.2) is 0 Å². The van der Waals surface area contributed by atoms with Crippen molar-refractivity contribution in [1.29, 1.82) is 0 Å². The minimum Gasteiger partial charge on any atom is -0.359 e. The van der Waals surface area contributed by atoms with Gasteiger partial charge in [0.1, 0.15) is 0 Å². The van der Waals surface area contributed by atoms with Crippen LogP contribution in [-0.2, 0) is 4.79 Å². The molecule has 64 valence electrons. The molecule has 0 heterocycles. The zero-order chi connectivity index (χ0) is 8.27. The molecule has 3 nitrogen and oxygen atoms in total. The summed E-state index contributed by atoms with van der Waals surface area (Å²) in [5, 5.41) is 2.66. The molecule has 1 amide bonds. The number of amides is 1. The van der Waals surface area contributed by atoms with Gasteiger partial charge in [-0.25, -0.2) is 0 Å². The van der Waals surface area contributed by atoms with Gasteiger partial charge < -0.3 is 11.1 Å². The third-order valence-corrected chi connectivity index (χ3v) is 2.33. The van der Waals surface area contributed by atoms with E-state index in [-0.39, 0.29) is 17.9 Å². The zero-order valence-corrected chi connectivity index (χ0v) is 6.97. The summed E-state index contributed by atoms with van der Waals surface area (Å²) in [5.74, 6) is 0.323. The van der Waals surface area contributed by atoms with E-state index in [1.165, 1.54) is 0 Å². The minimum absolute atomic E-state index is 0.153. The molecule has 0 aromatic carbocycles. The van der Waals surface area contributed by atoms with E-state index in [0.717, 1.165) is 25.7 Å². The first-order valence-corrected chi connectivity index (χ1v) is 4.21. The standard InChI is InChI=1S/C8H16N2O/c1-10-8(11)6-3-2-4-7(9)5-6/h6-7H,2-5,9H2,1H3,(H,10,11). The van der Waals surface area contributed by atoms with Gasteiger partial charge in [0.05, 0.1) is 0 Å². The molecule has 3 heteroatoms. The van der Waals surface area contributed by atoms with E-state index in [1.54, 1.807) is 7.05 Å². The maximum atomic E-state index is 11.1. The Labute approximate surface area is 67.3 Å². The van der Waals surface area contributed by atoms with Crippen LogP contribution in [0.4, 0.5) is 0 Å².